The summed E-state index contributed by atoms with van der Waals surface area (Å²) in [4.78, 5) is 0. The zero-order valence-electron chi connectivity index (χ0n) is 10.7. The second-order valence-corrected chi connectivity index (χ2v) is 4.90. The number of benzene rings is 2. The SMILES string of the molecule is BrCCCCOc1ccccc1Oc1ccccc1. The smallest absolute Gasteiger partial charge is 0.169 e. The summed E-state index contributed by atoms with van der Waals surface area (Å²) in [6.07, 6.45) is 2.15. The van der Waals surface area contributed by atoms with Crippen LogP contribution in [0.15, 0.2) is 54.6 Å². The van der Waals surface area contributed by atoms with E-state index in [0.717, 1.165) is 35.4 Å². The number of hydrogen-bond acceptors (Lipinski definition) is 2. The first-order valence-electron chi connectivity index (χ1n) is 6.41. The number of alkyl halides is 1. The fraction of sp³-hybridized carbons (Fsp3) is 0.250. The van der Waals surface area contributed by atoms with E-state index in [1.807, 2.05) is 54.6 Å². The zero-order valence-corrected chi connectivity index (χ0v) is 12.3. The first-order valence-corrected chi connectivity index (χ1v) is 7.53. The fourth-order valence-electron chi connectivity index (χ4n) is 1.65. The Hall–Kier alpha value is -1.48. The molecule has 0 fully saturated rings. The van der Waals surface area contributed by atoms with E-state index in [-0.39, 0.29) is 0 Å². The third-order valence-electron chi connectivity index (χ3n) is 2.61. The Morgan fingerprint density at radius 2 is 1.47 bits per heavy atom. The average molecular weight is 321 g/mol. The number of ether oxygens (including phenoxy) is 2. The molecule has 0 N–H and O–H groups in total. The minimum atomic E-state index is 0.709. The van der Waals surface area contributed by atoms with Gasteiger partial charge < -0.3 is 9.47 Å². The van der Waals surface area contributed by atoms with Crippen molar-refractivity contribution in [3.8, 4) is 17.2 Å². The van der Waals surface area contributed by atoms with Crippen molar-refractivity contribution in [2.75, 3.05) is 11.9 Å². The van der Waals surface area contributed by atoms with Gasteiger partial charge in [0.05, 0.1) is 6.61 Å². The van der Waals surface area contributed by atoms with Crippen molar-refractivity contribution in [3.05, 3.63) is 54.6 Å². The highest BCUT2D eigenvalue weighted by Gasteiger charge is 2.05. The van der Waals surface area contributed by atoms with Gasteiger partial charge in [0, 0.05) is 5.33 Å². The number of para-hydroxylation sites is 3. The lowest BCUT2D eigenvalue weighted by atomic mass is 10.3. The van der Waals surface area contributed by atoms with E-state index in [1.165, 1.54) is 0 Å². The monoisotopic (exact) mass is 320 g/mol. The minimum Gasteiger partial charge on any atom is -0.490 e. The summed E-state index contributed by atoms with van der Waals surface area (Å²) in [5.41, 5.74) is 0. The second-order valence-electron chi connectivity index (χ2n) is 4.11. The van der Waals surface area contributed by atoms with Crippen molar-refractivity contribution in [2.45, 2.75) is 12.8 Å². The van der Waals surface area contributed by atoms with E-state index in [0.29, 0.717) is 6.61 Å². The molecule has 2 aromatic rings. The van der Waals surface area contributed by atoms with Crippen LogP contribution in [0.4, 0.5) is 0 Å². The molecule has 3 heteroatoms. The fourth-order valence-corrected chi connectivity index (χ4v) is 2.04. The highest BCUT2D eigenvalue weighted by molar-refractivity contribution is 9.09. The van der Waals surface area contributed by atoms with E-state index in [9.17, 15) is 0 Å². The van der Waals surface area contributed by atoms with Crippen LogP contribution < -0.4 is 9.47 Å². The molecule has 0 amide bonds. The summed E-state index contributed by atoms with van der Waals surface area (Å²) in [7, 11) is 0. The quantitative estimate of drug-likeness (QED) is 0.526. The minimum absolute atomic E-state index is 0.709. The molecular weight excluding hydrogens is 304 g/mol. The normalized spacial score (nSPS) is 10.2. The Bertz CT molecular complexity index is 485. The molecule has 100 valence electrons. The lowest BCUT2D eigenvalue weighted by Crippen LogP contribution is -1.99. The van der Waals surface area contributed by atoms with Gasteiger partial charge in [-0.05, 0) is 37.1 Å². The summed E-state index contributed by atoms with van der Waals surface area (Å²) in [5.74, 6) is 2.37. The largest absolute Gasteiger partial charge is 0.490 e. The van der Waals surface area contributed by atoms with E-state index in [2.05, 4.69) is 15.9 Å². The van der Waals surface area contributed by atoms with Gasteiger partial charge in [-0.15, -0.1) is 0 Å². The van der Waals surface area contributed by atoms with Gasteiger partial charge in [-0.3, -0.25) is 0 Å². The molecule has 0 bridgehead atoms. The average Bonchev–Trinajstić information content (AvgIpc) is 2.46. The summed E-state index contributed by atoms with van der Waals surface area (Å²) in [6, 6.07) is 17.5. The molecular formula is C16H17BrO2. The first-order chi connectivity index (χ1) is 9.40. The molecule has 0 unspecified atom stereocenters. The molecule has 0 saturated heterocycles. The van der Waals surface area contributed by atoms with Crippen LogP contribution in [0.25, 0.3) is 0 Å². The number of hydrogen-bond donors (Lipinski definition) is 0. The van der Waals surface area contributed by atoms with Crippen LogP contribution in [-0.2, 0) is 0 Å². The van der Waals surface area contributed by atoms with E-state index in [1.54, 1.807) is 0 Å². The Morgan fingerprint density at radius 1 is 0.789 bits per heavy atom. The Labute approximate surface area is 122 Å². The number of rotatable bonds is 7. The van der Waals surface area contributed by atoms with Crippen molar-refractivity contribution in [2.24, 2.45) is 0 Å². The van der Waals surface area contributed by atoms with Crippen molar-refractivity contribution >= 4 is 15.9 Å². The van der Waals surface area contributed by atoms with Crippen molar-refractivity contribution in [1.82, 2.24) is 0 Å². The van der Waals surface area contributed by atoms with Gasteiger partial charge >= 0.3 is 0 Å². The van der Waals surface area contributed by atoms with Crippen LogP contribution in [-0.4, -0.2) is 11.9 Å². The lowest BCUT2D eigenvalue weighted by Gasteiger charge is -2.12. The molecule has 0 aliphatic rings. The molecule has 0 spiro atoms. The van der Waals surface area contributed by atoms with Gasteiger partial charge in [0.15, 0.2) is 11.5 Å². The number of unbranched alkanes of at least 4 members (excludes halogenated alkanes) is 1. The Kier molecular flexibility index (Phi) is 5.76. The zero-order chi connectivity index (χ0) is 13.3. The Balaban J connectivity index is 2.00. The molecule has 0 heterocycles. The molecule has 0 aliphatic carbocycles. The maximum atomic E-state index is 5.83. The first kappa shape index (κ1) is 13.9. The van der Waals surface area contributed by atoms with Gasteiger partial charge in [-0.2, -0.15) is 0 Å². The predicted molar refractivity (Wildman–Crippen MR) is 81.5 cm³/mol. The van der Waals surface area contributed by atoms with Crippen LogP contribution in [0, 0.1) is 0 Å². The molecule has 0 atom stereocenters. The van der Waals surface area contributed by atoms with Crippen LogP contribution in [0.5, 0.6) is 17.2 Å². The molecule has 2 rings (SSSR count). The molecule has 0 aromatic heterocycles. The van der Waals surface area contributed by atoms with Crippen molar-refractivity contribution < 1.29 is 9.47 Å². The summed E-state index contributed by atoms with van der Waals surface area (Å²) >= 11 is 3.41. The van der Waals surface area contributed by atoms with Gasteiger partial charge in [0.1, 0.15) is 5.75 Å². The standard InChI is InChI=1S/C16H17BrO2/c17-12-6-7-13-18-15-10-4-5-11-16(15)19-14-8-2-1-3-9-14/h1-5,8-11H,6-7,12-13H2. The van der Waals surface area contributed by atoms with Gasteiger partial charge in [-0.25, -0.2) is 0 Å². The molecule has 0 aliphatic heterocycles. The van der Waals surface area contributed by atoms with Gasteiger partial charge in [0.2, 0.25) is 0 Å². The highest BCUT2D eigenvalue weighted by atomic mass is 79.9. The number of halogens is 1. The molecule has 0 saturated carbocycles. The topological polar surface area (TPSA) is 18.5 Å². The van der Waals surface area contributed by atoms with Crippen molar-refractivity contribution in [3.63, 3.8) is 0 Å². The maximum absolute atomic E-state index is 5.83. The molecule has 0 radical (unpaired) electrons. The second kappa shape index (κ2) is 7.85. The lowest BCUT2D eigenvalue weighted by molar-refractivity contribution is 0.296. The van der Waals surface area contributed by atoms with Crippen LogP contribution >= 0.6 is 15.9 Å². The third-order valence-corrected chi connectivity index (χ3v) is 3.17. The third kappa shape index (κ3) is 4.60. The van der Waals surface area contributed by atoms with E-state index in [4.69, 9.17) is 9.47 Å². The van der Waals surface area contributed by atoms with E-state index < -0.39 is 0 Å². The van der Waals surface area contributed by atoms with Gasteiger partial charge in [0.25, 0.3) is 0 Å². The molecule has 2 nitrogen and oxygen atoms in total. The summed E-state index contributed by atoms with van der Waals surface area (Å²) < 4.78 is 11.6. The van der Waals surface area contributed by atoms with Crippen LogP contribution in [0.3, 0.4) is 0 Å². The highest BCUT2D eigenvalue weighted by Crippen LogP contribution is 2.31. The predicted octanol–water partition coefficient (Wildman–Crippen LogP) is 5.03. The Morgan fingerprint density at radius 3 is 2.21 bits per heavy atom. The summed E-state index contributed by atoms with van der Waals surface area (Å²) in [5, 5.41) is 1.01. The summed E-state index contributed by atoms with van der Waals surface area (Å²) in [6.45, 7) is 0.709. The maximum Gasteiger partial charge on any atom is 0.169 e. The molecule has 2 aromatic carbocycles. The molecule has 19 heavy (non-hydrogen) atoms. The van der Waals surface area contributed by atoms with Crippen molar-refractivity contribution in [1.29, 1.82) is 0 Å². The van der Waals surface area contributed by atoms with E-state index >= 15 is 0 Å². The van der Waals surface area contributed by atoms with Gasteiger partial charge in [-0.1, -0.05) is 46.3 Å². The van der Waals surface area contributed by atoms with Crippen LogP contribution in [0.1, 0.15) is 12.8 Å². The van der Waals surface area contributed by atoms with Crippen LogP contribution in [0.2, 0.25) is 0 Å².